The number of carbonyl (C=O) groups excluding carboxylic acids is 1. The highest BCUT2D eigenvalue weighted by Gasteiger charge is 2.45. The van der Waals surface area contributed by atoms with E-state index in [1.807, 2.05) is 42.5 Å². The summed E-state index contributed by atoms with van der Waals surface area (Å²) in [6.45, 7) is 4.48. The van der Waals surface area contributed by atoms with Crippen molar-refractivity contribution < 1.29 is 9.53 Å². The Hall–Kier alpha value is -1.88. The lowest BCUT2D eigenvalue weighted by molar-refractivity contribution is -0.138. The molecule has 5 heteroatoms. The summed E-state index contributed by atoms with van der Waals surface area (Å²) >= 11 is 6.11. The van der Waals surface area contributed by atoms with Gasteiger partial charge >= 0.3 is 0 Å². The van der Waals surface area contributed by atoms with E-state index in [0.717, 1.165) is 57.4 Å². The quantitative estimate of drug-likeness (QED) is 0.743. The van der Waals surface area contributed by atoms with Crippen molar-refractivity contribution in [2.45, 2.75) is 37.7 Å². The van der Waals surface area contributed by atoms with E-state index in [9.17, 15) is 4.79 Å². The van der Waals surface area contributed by atoms with E-state index in [4.69, 9.17) is 16.3 Å². The lowest BCUT2D eigenvalue weighted by Gasteiger charge is -2.35. The maximum atomic E-state index is 13.8. The molecule has 0 spiro atoms. The van der Waals surface area contributed by atoms with Crippen LogP contribution in [-0.4, -0.2) is 43.6 Å². The number of ether oxygens (including phenoxy) is 1. The highest BCUT2D eigenvalue weighted by Crippen LogP contribution is 2.43. The van der Waals surface area contributed by atoms with E-state index >= 15 is 0 Å². The zero-order chi connectivity index (χ0) is 20.8. The Morgan fingerprint density at radius 2 is 1.83 bits per heavy atom. The number of nitrogens with zero attached hydrogens (tertiary/aromatic N) is 1. The Bertz CT molecular complexity index is 819. The van der Waals surface area contributed by atoms with Crippen molar-refractivity contribution in [1.29, 1.82) is 0 Å². The summed E-state index contributed by atoms with van der Waals surface area (Å²) in [5, 5.41) is 4.21. The summed E-state index contributed by atoms with van der Waals surface area (Å²) in [6, 6.07) is 18.2. The fraction of sp³-hybridized carbons (Fsp3) is 0.480. The molecule has 2 aromatic rings. The van der Waals surface area contributed by atoms with Gasteiger partial charge < -0.3 is 15.0 Å². The van der Waals surface area contributed by atoms with Crippen LogP contribution < -0.4 is 5.32 Å². The molecule has 160 valence electrons. The maximum absolute atomic E-state index is 13.8. The average molecular weight is 427 g/mol. The molecule has 1 aliphatic carbocycles. The summed E-state index contributed by atoms with van der Waals surface area (Å²) < 4.78 is 6.00. The monoisotopic (exact) mass is 426 g/mol. The largest absolute Gasteiger partial charge is 0.376 e. The molecular formula is C25H31ClN2O2. The fourth-order valence-electron chi connectivity index (χ4n) is 4.88. The predicted octanol–water partition coefficient (Wildman–Crippen LogP) is 4.42. The first-order chi connectivity index (χ1) is 14.7. The van der Waals surface area contributed by atoms with E-state index in [0.29, 0.717) is 24.2 Å². The van der Waals surface area contributed by atoms with E-state index in [2.05, 4.69) is 22.3 Å². The molecule has 1 unspecified atom stereocenters. The molecule has 1 N–H and O–H groups in total. The van der Waals surface area contributed by atoms with Gasteiger partial charge in [-0.3, -0.25) is 4.79 Å². The standard InChI is InChI=1S/C25H31ClN2O2/c26-23-10-8-22(9-11-23)25(12-4-5-13-25)24(29)28-15-14-27-16-21(17-28)19-30-18-20-6-2-1-3-7-20/h1-3,6-11,21,27H,4-5,12-19H2. The molecule has 2 aromatic carbocycles. The van der Waals surface area contributed by atoms with Crippen molar-refractivity contribution in [3.8, 4) is 0 Å². The molecule has 0 radical (unpaired) electrons. The highest BCUT2D eigenvalue weighted by atomic mass is 35.5. The molecule has 1 amide bonds. The lowest BCUT2D eigenvalue weighted by atomic mass is 9.77. The number of carbonyl (C=O) groups is 1. The topological polar surface area (TPSA) is 41.6 Å². The summed E-state index contributed by atoms with van der Waals surface area (Å²) in [4.78, 5) is 15.9. The van der Waals surface area contributed by atoms with Crippen LogP contribution >= 0.6 is 11.6 Å². The van der Waals surface area contributed by atoms with Crippen LogP contribution in [0, 0.1) is 5.92 Å². The van der Waals surface area contributed by atoms with E-state index in [1.54, 1.807) is 0 Å². The van der Waals surface area contributed by atoms with Crippen molar-refractivity contribution in [1.82, 2.24) is 10.2 Å². The number of nitrogens with one attached hydrogen (secondary N) is 1. The minimum absolute atomic E-state index is 0.277. The number of hydrogen-bond donors (Lipinski definition) is 1. The van der Waals surface area contributed by atoms with Crippen LogP contribution in [-0.2, 0) is 21.6 Å². The van der Waals surface area contributed by atoms with Gasteiger partial charge in [-0.25, -0.2) is 0 Å². The molecule has 2 aliphatic rings. The third kappa shape index (κ3) is 4.88. The zero-order valence-electron chi connectivity index (χ0n) is 17.5. The predicted molar refractivity (Wildman–Crippen MR) is 121 cm³/mol. The van der Waals surface area contributed by atoms with Gasteiger partial charge in [0.05, 0.1) is 18.6 Å². The van der Waals surface area contributed by atoms with Crippen molar-refractivity contribution in [3.63, 3.8) is 0 Å². The van der Waals surface area contributed by atoms with Crippen LogP contribution in [0.4, 0.5) is 0 Å². The molecule has 1 saturated carbocycles. The number of hydrogen-bond acceptors (Lipinski definition) is 3. The van der Waals surface area contributed by atoms with Crippen molar-refractivity contribution in [2.24, 2.45) is 5.92 Å². The second-order valence-electron chi connectivity index (χ2n) is 8.62. The molecule has 0 bridgehead atoms. The molecule has 1 saturated heterocycles. The highest BCUT2D eigenvalue weighted by molar-refractivity contribution is 6.30. The average Bonchev–Trinajstić information content (AvgIpc) is 3.15. The minimum Gasteiger partial charge on any atom is -0.376 e. The maximum Gasteiger partial charge on any atom is 0.233 e. The minimum atomic E-state index is -0.398. The number of halogens is 1. The van der Waals surface area contributed by atoms with Crippen molar-refractivity contribution in [3.05, 3.63) is 70.7 Å². The second kappa shape index (κ2) is 9.95. The van der Waals surface area contributed by atoms with Crippen molar-refractivity contribution in [2.75, 3.05) is 32.8 Å². The zero-order valence-corrected chi connectivity index (χ0v) is 18.2. The van der Waals surface area contributed by atoms with Gasteiger partial charge in [-0.05, 0) is 36.1 Å². The second-order valence-corrected chi connectivity index (χ2v) is 9.05. The lowest BCUT2D eigenvalue weighted by Crippen LogP contribution is -2.48. The first-order valence-corrected chi connectivity index (χ1v) is 11.4. The first-order valence-electron chi connectivity index (χ1n) is 11.1. The van der Waals surface area contributed by atoms with E-state index in [1.165, 1.54) is 5.56 Å². The third-order valence-corrected chi connectivity index (χ3v) is 6.74. The third-order valence-electron chi connectivity index (χ3n) is 6.49. The summed E-state index contributed by atoms with van der Waals surface area (Å²) in [6.07, 6.45) is 4.05. The molecular weight excluding hydrogens is 396 g/mol. The van der Waals surface area contributed by atoms with Gasteiger partial charge in [0.25, 0.3) is 0 Å². The molecule has 4 nitrogen and oxygen atoms in total. The molecule has 4 rings (SSSR count). The normalized spacial score (nSPS) is 21.4. The van der Waals surface area contributed by atoms with Gasteiger partial charge in [0.15, 0.2) is 0 Å². The smallest absolute Gasteiger partial charge is 0.233 e. The van der Waals surface area contributed by atoms with Gasteiger partial charge in [-0.2, -0.15) is 0 Å². The van der Waals surface area contributed by atoms with Crippen LogP contribution in [0.2, 0.25) is 5.02 Å². The Labute approximate surface area is 184 Å². The number of rotatable bonds is 6. The molecule has 2 fully saturated rings. The molecule has 1 aliphatic heterocycles. The van der Waals surface area contributed by atoms with Gasteiger partial charge in [-0.15, -0.1) is 0 Å². The van der Waals surface area contributed by atoms with Crippen LogP contribution in [0.3, 0.4) is 0 Å². The van der Waals surface area contributed by atoms with Crippen LogP contribution in [0.1, 0.15) is 36.8 Å². The van der Waals surface area contributed by atoms with Crippen LogP contribution in [0.15, 0.2) is 54.6 Å². The van der Waals surface area contributed by atoms with Crippen molar-refractivity contribution >= 4 is 17.5 Å². The molecule has 1 atom stereocenters. The Balaban J connectivity index is 1.43. The summed E-state index contributed by atoms with van der Waals surface area (Å²) in [5.41, 5.74) is 1.90. The van der Waals surface area contributed by atoms with Gasteiger partial charge in [0, 0.05) is 37.1 Å². The van der Waals surface area contributed by atoms with Gasteiger partial charge in [-0.1, -0.05) is 66.9 Å². The fourth-order valence-corrected chi connectivity index (χ4v) is 5.00. The Morgan fingerprint density at radius 3 is 2.57 bits per heavy atom. The summed E-state index contributed by atoms with van der Waals surface area (Å²) in [5.74, 6) is 0.572. The molecule has 30 heavy (non-hydrogen) atoms. The van der Waals surface area contributed by atoms with Crippen LogP contribution in [0.25, 0.3) is 0 Å². The SMILES string of the molecule is O=C(N1CCNCC(COCc2ccccc2)C1)C1(c2ccc(Cl)cc2)CCCC1. The molecule has 1 heterocycles. The van der Waals surface area contributed by atoms with Gasteiger partial charge in [0.2, 0.25) is 5.91 Å². The van der Waals surface area contributed by atoms with E-state index < -0.39 is 5.41 Å². The van der Waals surface area contributed by atoms with Gasteiger partial charge in [0.1, 0.15) is 0 Å². The Morgan fingerprint density at radius 1 is 1.10 bits per heavy atom. The first kappa shape index (κ1) is 21.4. The number of benzene rings is 2. The number of amides is 1. The summed E-state index contributed by atoms with van der Waals surface area (Å²) in [7, 11) is 0. The Kier molecular flexibility index (Phi) is 7.08. The van der Waals surface area contributed by atoms with Crippen LogP contribution in [0.5, 0.6) is 0 Å². The van der Waals surface area contributed by atoms with E-state index in [-0.39, 0.29) is 5.91 Å². The molecule has 0 aromatic heterocycles.